The summed E-state index contributed by atoms with van der Waals surface area (Å²) in [7, 11) is 0. The van der Waals surface area contributed by atoms with Crippen molar-refractivity contribution in [1.29, 1.82) is 0 Å². The maximum Gasteiger partial charge on any atom is 0.331 e. The summed E-state index contributed by atoms with van der Waals surface area (Å²) in [6, 6.07) is 16.2. The first-order chi connectivity index (χ1) is 11.7. The Balaban J connectivity index is 1.70. The van der Waals surface area contributed by atoms with E-state index in [9.17, 15) is 4.79 Å². The molecule has 0 bridgehead atoms. The zero-order valence-corrected chi connectivity index (χ0v) is 13.5. The maximum absolute atomic E-state index is 12.5. The summed E-state index contributed by atoms with van der Waals surface area (Å²) < 4.78 is 6.84. The highest BCUT2D eigenvalue weighted by Crippen LogP contribution is 2.16. The molecule has 0 radical (unpaired) electrons. The molecule has 122 valence electrons. The van der Waals surface area contributed by atoms with Crippen molar-refractivity contribution < 1.29 is 9.53 Å². The number of hydrogen-bond donors (Lipinski definition) is 0. The molecule has 1 aromatic heterocycles. The zero-order chi connectivity index (χ0) is 16.8. The molecule has 0 aliphatic heterocycles. The van der Waals surface area contributed by atoms with Crippen LogP contribution in [0.5, 0.6) is 0 Å². The quantitative estimate of drug-likeness (QED) is 0.644. The number of carbonyl (C=O) groups is 1. The standard InChI is InChI=1S/C17H15ClN4O2/c18-15-8-6-14(7-9-15)11-24-17(23)16(22-12-19-20-21-22)10-13-4-2-1-3-5-13/h1-9,12,16H,10-11H2/t16-/m0/s1. The number of esters is 1. The van der Waals surface area contributed by atoms with Gasteiger partial charge in [-0.15, -0.1) is 5.10 Å². The van der Waals surface area contributed by atoms with Gasteiger partial charge in [-0.05, 0) is 33.7 Å². The molecule has 0 amide bonds. The third-order valence-corrected chi connectivity index (χ3v) is 3.77. The Morgan fingerprint density at radius 3 is 2.50 bits per heavy atom. The number of hydrogen-bond acceptors (Lipinski definition) is 5. The fourth-order valence-corrected chi connectivity index (χ4v) is 2.39. The number of tetrazole rings is 1. The molecule has 0 unspecified atom stereocenters. The van der Waals surface area contributed by atoms with Crippen LogP contribution in [-0.2, 0) is 22.6 Å². The number of rotatable bonds is 6. The van der Waals surface area contributed by atoms with Crippen molar-refractivity contribution in [2.75, 3.05) is 0 Å². The second-order valence-electron chi connectivity index (χ2n) is 5.23. The molecule has 0 saturated carbocycles. The van der Waals surface area contributed by atoms with E-state index in [1.807, 2.05) is 42.5 Å². The SMILES string of the molecule is O=C(OCc1ccc(Cl)cc1)[C@H](Cc1ccccc1)n1cnnn1. The van der Waals surface area contributed by atoms with E-state index in [1.54, 1.807) is 12.1 Å². The van der Waals surface area contributed by atoms with Gasteiger partial charge >= 0.3 is 5.97 Å². The summed E-state index contributed by atoms with van der Waals surface area (Å²) in [6.45, 7) is 0.170. The van der Waals surface area contributed by atoms with E-state index in [0.29, 0.717) is 11.4 Å². The summed E-state index contributed by atoms with van der Waals surface area (Å²) in [4.78, 5) is 12.5. The highest BCUT2D eigenvalue weighted by Gasteiger charge is 2.24. The second kappa shape index (κ2) is 7.70. The van der Waals surface area contributed by atoms with Crippen molar-refractivity contribution in [3.8, 4) is 0 Å². The fourth-order valence-electron chi connectivity index (χ4n) is 2.26. The third kappa shape index (κ3) is 4.17. The summed E-state index contributed by atoms with van der Waals surface area (Å²) >= 11 is 5.85. The molecule has 0 aliphatic rings. The topological polar surface area (TPSA) is 69.9 Å². The van der Waals surface area contributed by atoms with Crippen LogP contribution in [0.15, 0.2) is 60.9 Å². The summed E-state index contributed by atoms with van der Waals surface area (Å²) in [5.41, 5.74) is 1.87. The van der Waals surface area contributed by atoms with Crippen molar-refractivity contribution in [2.24, 2.45) is 0 Å². The Kier molecular flexibility index (Phi) is 5.18. The molecule has 0 saturated heterocycles. The van der Waals surface area contributed by atoms with Gasteiger partial charge in [0.05, 0.1) is 0 Å². The minimum absolute atomic E-state index is 0.170. The van der Waals surface area contributed by atoms with Crippen LogP contribution in [0.1, 0.15) is 17.2 Å². The molecule has 1 heterocycles. The average molecular weight is 343 g/mol. The number of carbonyl (C=O) groups excluding carboxylic acids is 1. The summed E-state index contributed by atoms with van der Waals surface area (Å²) in [5, 5.41) is 11.7. The fraction of sp³-hybridized carbons (Fsp3) is 0.176. The van der Waals surface area contributed by atoms with Gasteiger partial charge in [0.15, 0.2) is 6.04 Å². The van der Waals surface area contributed by atoms with Gasteiger partial charge in [0.2, 0.25) is 0 Å². The maximum atomic E-state index is 12.5. The molecular weight excluding hydrogens is 328 g/mol. The molecule has 1 atom stereocenters. The van der Waals surface area contributed by atoms with Gasteiger partial charge in [-0.3, -0.25) is 0 Å². The molecule has 3 aromatic rings. The molecule has 0 fully saturated rings. The summed E-state index contributed by atoms with van der Waals surface area (Å²) in [6.07, 6.45) is 1.86. The Morgan fingerprint density at radius 1 is 1.08 bits per heavy atom. The average Bonchev–Trinajstić information content (AvgIpc) is 3.14. The van der Waals surface area contributed by atoms with E-state index in [-0.39, 0.29) is 12.6 Å². The minimum Gasteiger partial charge on any atom is -0.459 e. The molecule has 0 N–H and O–H groups in total. The Bertz CT molecular complexity index is 776. The monoisotopic (exact) mass is 342 g/mol. The molecule has 24 heavy (non-hydrogen) atoms. The Morgan fingerprint density at radius 2 is 1.83 bits per heavy atom. The zero-order valence-electron chi connectivity index (χ0n) is 12.7. The molecule has 6 nitrogen and oxygen atoms in total. The molecule has 7 heteroatoms. The van der Waals surface area contributed by atoms with Gasteiger partial charge in [-0.2, -0.15) is 0 Å². The lowest BCUT2D eigenvalue weighted by molar-refractivity contribution is -0.149. The summed E-state index contributed by atoms with van der Waals surface area (Å²) in [5.74, 6) is -0.388. The van der Waals surface area contributed by atoms with Gasteiger partial charge < -0.3 is 4.74 Å². The van der Waals surface area contributed by atoms with Crippen molar-refractivity contribution in [1.82, 2.24) is 20.2 Å². The lowest BCUT2D eigenvalue weighted by atomic mass is 10.1. The van der Waals surface area contributed by atoms with Crippen LogP contribution < -0.4 is 0 Å². The van der Waals surface area contributed by atoms with Crippen molar-refractivity contribution in [3.05, 3.63) is 77.1 Å². The number of nitrogens with zero attached hydrogens (tertiary/aromatic N) is 4. The lowest BCUT2D eigenvalue weighted by Crippen LogP contribution is -2.24. The normalized spacial score (nSPS) is 11.9. The number of halogens is 1. The molecular formula is C17H15ClN4O2. The van der Waals surface area contributed by atoms with Crippen LogP contribution in [0, 0.1) is 0 Å². The smallest absolute Gasteiger partial charge is 0.331 e. The van der Waals surface area contributed by atoms with Crippen LogP contribution >= 0.6 is 11.6 Å². The Hall–Kier alpha value is -2.73. The molecule has 0 aliphatic carbocycles. The van der Waals surface area contributed by atoms with Crippen LogP contribution in [0.4, 0.5) is 0 Å². The first-order valence-electron chi connectivity index (χ1n) is 7.40. The van der Waals surface area contributed by atoms with Crippen LogP contribution in [0.2, 0.25) is 5.02 Å². The second-order valence-corrected chi connectivity index (χ2v) is 5.67. The predicted molar refractivity (Wildman–Crippen MR) is 88.2 cm³/mol. The number of benzene rings is 2. The Labute approximate surface area is 144 Å². The van der Waals surface area contributed by atoms with Gasteiger partial charge in [0.1, 0.15) is 12.9 Å². The number of aromatic nitrogens is 4. The number of ether oxygens (including phenoxy) is 1. The molecule has 3 rings (SSSR count). The molecule has 0 spiro atoms. The lowest BCUT2D eigenvalue weighted by Gasteiger charge is -2.15. The van der Waals surface area contributed by atoms with E-state index in [2.05, 4.69) is 15.5 Å². The third-order valence-electron chi connectivity index (χ3n) is 3.52. The first-order valence-corrected chi connectivity index (χ1v) is 7.77. The van der Waals surface area contributed by atoms with Gasteiger partial charge in [0.25, 0.3) is 0 Å². The highest BCUT2D eigenvalue weighted by molar-refractivity contribution is 6.30. The van der Waals surface area contributed by atoms with Crippen molar-refractivity contribution >= 4 is 17.6 Å². The minimum atomic E-state index is -0.616. The highest BCUT2D eigenvalue weighted by atomic mass is 35.5. The van der Waals surface area contributed by atoms with Gasteiger partial charge in [-0.25, -0.2) is 9.48 Å². The van der Waals surface area contributed by atoms with E-state index < -0.39 is 6.04 Å². The van der Waals surface area contributed by atoms with Crippen molar-refractivity contribution in [3.63, 3.8) is 0 Å². The van der Waals surface area contributed by atoms with E-state index in [4.69, 9.17) is 16.3 Å². The van der Waals surface area contributed by atoms with E-state index >= 15 is 0 Å². The van der Waals surface area contributed by atoms with Gasteiger partial charge in [-0.1, -0.05) is 54.1 Å². The van der Waals surface area contributed by atoms with Gasteiger partial charge in [0, 0.05) is 11.4 Å². The predicted octanol–water partition coefficient (Wildman–Crippen LogP) is 2.85. The largest absolute Gasteiger partial charge is 0.459 e. The van der Waals surface area contributed by atoms with E-state index in [1.165, 1.54) is 11.0 Å². The van der Waals surface area contributed by atoms with E-state index in [0.717, 1.165) is 11.1 Å². The van der Waals surface area contributed by atoms with Crippen LogP contribution in [0.3, 0.4) is 0 Å². The first kappa shape index (κ1) is 16.1. The van der Waals surface area contributed by atoms with Crippen LogP contribution in [0.25, 0.3) is 0 Å². The molecule has 2 aromatic carbocycles. The van der Waals surface area contributed by atoms with Crippen LogP contribution in [-0.4, -0.2) is 26.2 Å². The van der Waals surface area contributed by atoms with Crippen molar-refractivity contribution in [2.45, 2.75) is 19.1 Å².